The summed E-state index contributed by atoms with van der Waals surface area (Å²) in [5.41, 5.74) is 0. The lowest BCUT2D eigenvalue weighted by Crippen LogP contribution is -2.33. The first-order valence-electron chi connectivity index (χ1n) is 6.54. The van der Waals surface area contributed by atoms with Crippen molar-refractivity contribution in [3.8, 4) is 0 Å². The highest BCUT2D eigenvalue weighted by molar-refractivity contribution is 7.99. The summed E-state index contributed by atoms with van der Waals surface area (Å²) in [6, 6.07) is 0.348. The molecule has 1 fully saturated rings. The van der Waals surface area contributed by atoms with E-state index in [2.05, 4.69) is 12.2 Å². The maximum absolute atomic E-state index is 11.2. The van der Waals surface area contributed by atoms with Crippen LogP contribution in [0.2, 0.25) is 0 Å². The molecule has 0 aliphatic heterocycles. The fraction of sp³-hybridized carbons (Fsp3) is 1.00. The Bertz CT molecular complexity index is 298. The number of sulfone groups is 1. The maximum Gasteiger partial charge on any atom is 0.147 e. The van der Waals surface area contributed by atoms with Crippen LogP contribution in [0.15, 0.2) is 0 Å². The maximum atomic E-state index is 11.2. The zero-order valence-corrected chi connectivity index (χ0v) is 12.6. The van der Waals surface area contributed by atoms with Gasteiger partial charge in [0.2, 0.25) is 0 Å². The Morgan fingerprint density at radius 1 is 1.35 bits per heavy atom. The first-order chi connectivity index (χ1) is 8.01. The molecule has 0 aromatic heterocycles. The van der Waals surface area contributed by atoms with Gasteiger partial charge in [-0.1, -0.05) is 19.8 Å². The summed E-state index contributed by atoms with van der Waals surface area (Å²) in [4.78, 5) is 0. The Hall–Kier alpha value is 0.260. The van der Waals surface area contributed by atoms with Crippen LogP contribution in [0.5, 0.6) is 0 Å². The van der Waals surface area contributed by atoms with E-state index in [-0.39, 0.29) is 0 Å². The molecule has 1 N–H and O–H groups in total. The summed E-state index contributed by atoms with van der Waals surface area (Å²) in [6.45, 7) is 2.99. The van der Waals surface area contributed by atoms with Gasteiger partial charge in [0.1, 0.15) is 9.84 Å². The minimum atomic E-state index is -2.82. The Kier molecular flexibility index (Phi) is 6.89. The molecule has 1 unspecified atom stereocenters. The number of hydrogen-bond acceptors (Lipinski definition) is 4. The van der Waals surface area contributed by atoms with Crippen molar-refractivity contribution in [3.05, 3.63) is 0 Å². The quantitative estimate of drug-likeness (QED) is 0.739. The fourth-order valence-corrected chi connectivity index (χ4v) is 4.36. The van der Waals surface area contributed by atoms with Crippen molar-refractivity contribution in [1.29, 1.82) is 0 Å². The second-order valence-electron chi connectivity index (χ2n) is 4.91. The molecule has 1 atom stereocenters. The van der Waals surface area contributed by atoms with Crippen LogP contribution in [-0.4, -0.2) is 44.0 Å². The molecule has 0 saturated heterocycles. The zero-order chi connectivity index (χ0) is 12.7. The highest BCUT2D eigenvalue weighted by Gasteiger charge is 2.18. The van der Waals surface area contributed by atoms with E-state index >= 15 is 0 Å². The monoisotopic (exact) mass is 279 g/mol. The molecule has 0 radical (unpaired) electrons. The van der Waals surface area contributed by atoms with Gasteiger partial charge in [-0.25, -0.2) is 8.42 Å². The second kappa shape index (κ2) is 7.64. The van der Waals surface area contributed by atoms with E-state index in [0.29, 0.717) is 11.8 Å². The molecule has 1 aliphatic carbocycles. The van der Waals surface area contributed by atoms with Crippen LogP contribution in [0.1, 0.15) is 39.0 Å². The van der Waals surface area contributed by atoms with Crippen LogP contribution in [0.4, 0.5) is 0 Å². The molecule has 0 aromatic carbocycles. The lowest BCUT2D eigenvalue weighted by atomic mass is 10.2. The first kappa shape index (κ1) is 15.3. The highest BCUT2D eigenvalue weighted by atomic mass is 32.2. The third-order valence-electron chi connectivity index (χ3n) is 3.17. The Labute approximate surface area is 110 Å². The van der Waals surface area contributed by atoms with Gasteiger partial charge in [0.25, 0.3) is 0 Å². The standard InChI is InChI=1S/C12H25NO2S2/c1-3-13-11(8-9-17(2,14)15)10-16-12-6-4-5-7-12/h11-13H,3-10H2,1-2H3. The van der Waals surface area contributed by atoms with Gasteiger partial charge < -0.3 is 5.32 Å². The van der Waals surface area contributed by atoms with Crippen molar-refractivity contribution >= 4 is 21.6 Å². The number of nitrogens with one attached hydrogen (secondary N) is 1. The summed E-state index contributed by atoms with van der Waals surface area (Å²) < 4.78 is 22.3. The average molecular weight is 279 g/mol. The average Bonchev–Trinajstić information content (AvgIpc) is 2.74. The van der Waals surface area contributed by atoms with Crippen LogP contribution in [0.3, 0.4) is 0 Å². The summed E-state index contributed by atoms with van der Waals surface area (Å²) in [6.07, 6.45) is 7.48. The SMILES string of the molecule is CCNC(CCS(C)(=O)=O)CSC1CCCC1. The van der Waals surface area contributed by atoms with Gasteiger partial charge in [0, 0.05) is 23.3 Å². The Morgan fingerprint density at radius 2 is 2.00 bits per heavy atom. The molecule has 1 saturated carbocycles. The summed E-state index contributed by atoms with van der Waals surface area (Å²) in [5, 5.41) is 4.21. The lowest BCUT2D eigenvalue weighted by molar-refractivity contribution is 0.548. The normalized spacial score (nSPS) is 19.6. The minimum Gasteiger partial charge on any atom is -0.313 e. The number of rotatable bonds is 8. The van der Waals surface area contributed by atoms with Crippen molar-refractivity contribution in [2.45, 2.75) is 50.3 Å². The van der Waals surface area contributed by atoms with Gasteiger partial charge in [0.15, 0.2) is 0 Å². The summed E-state index contributed by atoms with van der Waals surface area (Å²) in [5.74, 6) is 1.35. The van der Waals surface area contributed by atoms with Gasteiger partial charge in [-0.15, -0.1) is 0 Å². The molecule has 17 heavy (non-hydrogen) atoms. The van der Waals surface area contributed by atoms with E-state index in [0.717, 1.165) is 24.0 Å². The van der Waals surface area contributed by atoms with E-state index in [9.17, 15) is 8.42 Å². The van der Waals surface area contributed by atoms with Crippen molar-refractivity contribution in [2.24, 2.45) is 0 Å². The molecular formula is C12H25NO2S2. The summed E-state index contributed by atoms with van der Waals surface area (Å²) in [7, 11) is -2.82. The van der Waals surface area contributed by atoms with Gasteiger partial charge in [-0.05, 0) is 25.8 Å². The number of hydrogen-bond donors (Lipinski definition) is 1. The van der Waals surface area contributed by atoms with Crippen LogP contribution in [0, 0.1) is 0 Å². The van der Waals surface area contributed by atoms with Crippen LogP contribution in [0.25, 0.3) is 0 Å². The fourth-order valence-electron chi connectivity index (χ4n) is 2.20. The van der Waals surface area contributed by atoms with Gasteiger partial charge in [-0.3, -0.25) is 0 Å². The van der Waals surface area contributed by atoms with Crippen LogP contribution in [-0.2, 0) is 9.84 Å². The number of thioether (sulfide) groups is 1. The second-order valence-corrected chi connectivity index (χ2v) is 8.51. The van der Waals surface area contributed by atoms with Crippen molar-refractivity contribution in [1.82, 2.24) is 5.32 Å². The van der Waals surface area contributed by atoms with Crippen molar-refractivity contribution in [2.75, 3.05) is 24.3 Å². The first-order valence-corrected chi connectivity index (χ1v) is 9.65. The summed E-state index contributed by atoms with van der Waals surface area (Å²) >= 11 is 2.03. The van der Waals surface area contributed by atoms with E-state index < -0.39 is 9.84 Å². The predicted octanol–water partition coefficient (Wildman–Crippen LogP) is 2.08. The molecule has 102 valence electrons. The third-order valence-corrected chi connectivity index (χ3v) is 5.68. The van der Waals surface area contributed by atoms with Gasteiger partial charge in [0.05, 0.1) is 5.75 Å². The third kappa shape index (κ3) is 7.32. The van der Waals surface area contributed by atoms with Gasteiger partial charge >= 0.3 is 0 Å². The van der Waals surface area contributed by atoms with Crippen molar-refractivity contribution < 1.29 is 8.42 Å². The molecule has 0 spiro atoms. The molecule has 5 heteroatoms. The minimum absolute atomic E-state index is 0.301. The van der Waals surface area contributed by atoms with Gasteiger partial charge in [-0.2, -0.15) is 11.8 Å². The molecule has 0 amide bonds. The smallest absolute Gasteiger partial charge is 0.147 e. The predicted molar refractivity (Wildman–Crippen MR) is 76.5 cm³/mol. The molecule has 1 rings (SSSR count). The Morgan fingerprint density at radius 3 is 2.53 bits per heavy atom. The molecule has 1 aliphatic rings. The van der Waals surface area contributed by atoms with E-state index in [1.165, 1.54) is 31.9 Å². The molecule has 0 aromatic rings. The molecule has 0 bridgehead atoms. The zero-order valence-electron chi connectivity index (χ0n) is 10.9. The Balaban J connectivity index is 2.26. The highest BCUT2D eigenvalue weighted by Crippen LogP contribution is 2.29. The topological polar surface area (TPSA) is 46.2 Å². The molecule has 3 nitrogen and oxygen atoms in total. The molecule has 0 heterocycles. The van der Waals surface area contributed by atoms with E-state index in [1.54, 1.807) is 0 Å². The van der Waals surface area contributed by atoms with E-state index in [4.69, 9.17) is 0 Å². The van der Waals surface area contributed by atoms with Crippen LogP contribution < -0.4 is 5.32 Å². The molecular weight excluding hydrogens is 254 g/mol. The van der Waals surface area contributed by atoms with Crippen molar-refractivity contribution in [3.63, 3.8) is 0 Å². The largest absolute Gasteiger partial charge is 0.313 e. The van der Waals surface area contributed by atoms with E-state index in [1.807, 2.05) is 11.8 Å². The lowest BCUT2D eigenvalue weighted by Gasteiger charge is -2.19. The van der Waals surface area contributed by atoms with Crippen LogP contribution >= 0.6 is 11.8 Å².